The smallest absolute Gasteiger partial charge is 0.170 e. The van der Waals surface area contributed by atoms with E-state index in [1.54, 1.807) is 0 Å². The summed E-state index contributed by atoms with van der Waals surface area (Å²) in [7, 11) is 0. The van der Waals surface area contributed by atoms with E-state index in [2.05, 4.69) is 12.1 Å². The van der Waals surface area contributed by atoms with E-state index in [1.807, 2.05) is 24.3 Å². The molecule has 2 rings (SSSR count). The molecule has 1 aromatic rings. The SMILES string of the molecule is CCC1CCC(Oc2ccc(C(N)=NO)cc2)CC1. The molecule has 0 aliphatic heterocycles. The molecule has 104 valence electrons. The second-order valence-corrected chi connectivity index (χ2v) is 5.18. The molecular formula is C15H22N2O2. The molecule has 0 unspecified atom stereocenters. The van der Waals surface area contributed by atoms with Gasteiger partial charge in [-0.15, -0.1) is 0 Å². The van der Waals surface area contributed by atoms with Gasteiger partial charge in [0.2, 0.25) is 0 Å². The summed E-state index contributed by atoms with van der Waals surface area (Å²) in [5.41, 5.74) is 6.22. The molecule has 1 aliphatic carbocycles. The zero-order valence-corrected chi connectivity index (χ0v) is 11.4. The zero-order valence-electron chi connectivity index (χ0n) is 11.4. The molecule has 0 heterocycles. The Bertz CT molecular complexity index is 420. The maximum absolute atomic E-state index is 8.60. The Kier molecular flexibility index (Phi) is 4.66. The van der Waals surface area contributed by atoms with Gasteiger partial charge in [0.05, 0.1) is 6.10 Å². The van der Waals surface area contributed by atoms with Gasteiger partial charge in [-0.1, -0.05) is 18.5 Å². The van der Waals surface area contributed by atoms with Crippen molar-refractivity contribution in [2.45, 2.75) is 45.1 Å². The van der Waals surface area contributed by atoms with Crippen molar-refractivity contribution < 1.29 is 9.94 Å². The van der Waals surface area contributed by atoms with Crippen LogP contribution >= 0.6 is 0 Å². The summed E-state index contributed by atoms with van der Waals surface area (Å²) in [6, 6.07) is 7.36. The molecule has 1 aliphatic rings. The van der Waals surface area contributed by atoms with Crippen LogP contribution in [0.2, 0.25) is 0 Å². The molecule has 0 amide bonds. The molecule has 0 aromatic heterocycles. The van der Waals surface area contributed by atoms with E-state index in [-0.39, 0.29) is 5.84 Å². The summed E-state index contributed by atoms with van der Waals surface area (Å²) in [4.78, 5) is 0. The maximum Gasteiger partial charge on any atom is 0.170 e. The van der Waals surface area contributed by atoms with Crippen molar-refractivity contribution in [2.24, 2.45) is 16.8 Å². The third-order valence-corrected chi connectivity index (χ3v) is 3.93. The van der Waals surface area contributed by atoms with Gasteiger partial charge < -0.3 is 15.7 Å². The average molecular weight is 262 g/mol. The van der Waals surface area contributed by atoms with Crippen LogP contribution < -0.4 is 10.5 Å². The van der Waals surface area contributed by atoms with E-state index in [4.69, 9.17) is 15.7 Å². The summed E-state index contributed by atoms with van der Waals surface area (Å²) in [6.45, 7) is 2.26. The lowest BCUT2D eigenvalue weighted by atomic mass is 9.86. The summed E-state index contributed by atoms with van der Waals surface area (Å²) >= 11 is 0. The summed E-state index contributed by atoms with van der Waals surface area (Å²) in [5, 5.41) is 11.6. The largest absolute Gasteiger partial charge is 0.490 e. The lowest BCUT2D eigenvalue weighted by molar-refractivity contribution is 0.130. The third-order valence-electron chi connectivity index (χ3n) is 3.93. The van der Waals surface area contributed by atoms with Crippen LogP contribution in [-0.2, 0) is 0 Å². The fraction of sp³-hybridized carbons (Fsp3) is 0.533. The Balaban J connectivity index is 1.90. The van der Waals surface area contributed by atoms with Crippen LogP contribution in [0, 0.1) is 5.92 Å². The van der Waals surface area contributed by atoms with Crippen molar-refractivity contribution in [2.75, 3.05) is 0 Å². The van der Waals surface area contributed by atoms with Crippen LogP contribution in [0.1, 0.15) is 44.6 Å². The predicted octanol–water partition coefficient (Wildman–Crippen LogP) is 3.13. The molecule has 1 saturated carbocycles. The number of ether oxygens (including phenoxy) is 1. The molecule has 0 atom stereocenters. The molecule has 0 radical (unpaired) electrons. The van der Waals surface area contributed by atoms with Gasteiger partial charge in [-0.05, 0) is 55.9 Å². The highest BCUT2D eigenvalue weighted by Gasteiger charge is 2.21. The van der Waals surface area contributed by atoms with Gasteiger partial charge >= 0.3 is 0 Å². The van der Waals surface area contributed by atoms with E-state index >= 15 is 0 Å². The van der Waals surface area contributed by atoms with E-state index in [9.17, 15) is 0 Å². The fourth-order valence-electron chi connectivity index (χ4n) is 2.61. The van der Waals surface area contributed by atoms with Crippen molar-refractivity contribution in [3.63, 3.8) is 0 Å². The summed E-state index contributed by atoms with van der Waals surface area (Å²) < 4.78 is 5.97. The van der Waals surface area contributed by atoms with E-state index in [1.165, 1.54) is 19.3 Å². The molecule has 1 aromatic carbocycles. The van der Waals surface area contributed by atoms with Gasteiger partial charge in [-0.25, -0.2) is 0 Å². The molecule has 0 spiro atoms. The number of hydrogen-bond acceptors (Lipinski definition) is 3. The van der Waals surface area contributed by atoms with Crippen molar-refractivity contribution in [3.05, 3.63) is 29.8 Å². The first-order chi connectivity index (χ1) is 9.22. The van der Waals surface area contributed by atoms with Crippen molar-refractivity contribution in [3.8, 4) is 5.75 Å². The second-order valence-electron chi connectivity index (χ2n) is 5.18. The van der Waals surface area contributed by atoms with Crippen molar-refractivity contribution in [1.82, 2.24) is 0 Å². The lowest BCUT2D eigenvalue weighted by Gasteiger charge is -2.28. The molecule has 0 bridgehead atoms. The van der Waals surface area contributed by atoms with Crippen molar-refractivity contribution in [1.29, 1.82) is 0 Å². The molecule has 19 heavy (non-hydrogen) atoms. The van der Waals surface area contributed by atoms with Gasteiger partial charge in [0.15, 0.2) is 5.84 Å². The minimum Gasteiger partial charge on any atom is -0.490 e. The first-order valence-electron chi connectivity index (χ1n) is 6.97. The van der Waals surface area contributed by atoms with Crippen LogP contribution in [0.25, 0.3) is 0 Å². The van der Waals surface area contributed by atoms with Crippen LogP contribution in [0.3, 0.4) is 0 Å². The van der Waals surface area contributed by atoms with Gasteiger partial charge in [-0.3, -0.25) is 0 Å². The normalized spacial score (nSPS) is 24.2. The van der Waals surface area contributed by atoms with Gasteiger partial charge in [0, 0.05) is 5.56 Å². The Morgan fingerprint density at radius 3 is 2.42 bits per heavy atom. The van der Waals surface area contributed by atoms with Crippen molar-refractivity contribution >= 4 is 5.84 Å². The highest BCUT2D eigenvalue weighted by molar-refractivity contribution is 5.97. The first kappa shape index (κ1) is 13.7. The molecule has 1 fully saturated rings. The molecular weight excluding hydrogens is 240 g/mol. The van der Waals surface area contributed by atoms with Gasteiger partial charge in [0.1, 0.15) is 5.75 Å². The highest BCUT2D eigenvalue weighted by atomic mass is 16.5. The predicted molar refractivity (Wildman–Crippen MR) is 75.6 cm³/mol. The zero-order chi connectivity index (χ0) is 13.7. The van der Waals surface area contributed by atoms with E-state index < -0.39 is 0 Å². The lowest BCUT2D eigenvalue weighted by Crippen LogP contribution is -2.23. The minimum atomic E-state index is 0.120. The number of nitrogens with two attached hydrogens (primary N) is 1. The Labute approximate surface area is 114 Å². The number of rotatable bonds is 4. The van der Waals surface area contributed by atoms with E-state index in [0.717, 1.165) is 24.5 Å². The fourth-order valence-corrected chi connectivity index (χ4v) is 2.61. The Morgan fingerprint density at radius 2 is 1.89 bits per heavy atom. The number of nitrogens with zero attached hydrogens (tertiary/aromatic N) is 1. The topological polar surface area (TPSA) is 67.8 Å². The number of benzene rings is 1. The van der Waals surface area contributed by atoms with E-state index in [0.29, 0.717) is 11.7 Å². The summed E-state index contributed by atoms with van der Waals surface area (Å²) in [6.07, 6.45) is 6.42. The standard InChI is InChI=1S/C15H22N2O2/c1-2-11-3-7-13(8-4-11)19-14-9-5-12(6-10-14)15(16)17-18/h5-6,9-11,13,18H,2-4,7-8H2,1H3,(H2,16,17). The minimum absolute atomic E-state index is 0.120. The Hall–Kier alpha value is -1.71. The van der Waals surface area contributed by atoms with Crippen LogP contribution in [-0.4, -0.2) is 17.1 Å². The maximum atomic E-state index is 8.60. The Morgan fingerprint density at radius 1 is 1.26 bits per heavy atom. The van der Waals surface area contributed by atoms with Crippen LogP contribution in [0.4, 0.5) is 0 Å². The van der Waals surface area contributed by atoms with Gasteiger partial charge in [0.25, 0.3) is 0 Å². The quantitative estimate of drug-likeness (QED) is 0.379. The second kappa shape index (κ2) is 6.45. The number of amidine groups is 1. The van der Waals surface area contributed by atoms with Crippen LogP contribution in [0.5, 0.6) is 5.75 Å². The molecule has 3 N–H and O–H groups in total. The van der Waals surface area contributed by atoms with Crippen LogP contribution in [0.15, 0.2) is 29.4 Å². The molecule has 0 saturated heterocycles. The molecule has 4 heteroatoms. The first-order valence-corrected chi connectivity index (χ1v) is 6.97. The number of hydrogen-bond donors (Lipinski definition) is 2. The number of oxime groups is 1. The third kappa shape index (κ3) is 3.63. The molecule has 4 nitrogen and oxygen atoms in total. The summed E-state index contributed by atoms with van der Waals surface area (Å²) in [5.74, 6) is 1.85. The highest BCUT2D eigenvalue weighted by Crippen LogP contribution is 2.29. The van der Waals surface area contributed by atoms with Gasteiger partial charge in [-0.2, -0.15) is 0 Å². The average Bonchev–Trinajstić information content (AvgIpc) is 2.48. The monoisotopic (exact) mass is 262 g/mol.